The van der Waals surface area contributed by atoms with Crippen LogP contribution in [0.15, 0.2) is 0 Å². The Morgan fingerprint density at radius 1 is 1.16 bits per heavy atom. The van der Waals surface area contributed by atoms with E-state index < -0.39 is 11.6 Å². The lowest BCUT2D eigenvalue weighted by Crippen LogP contribution is -2.63. The molecule has 0 spiro atoms. The van der Waals surface area contributed by atoms with Gasteiger partial charge in [0.2, 0.25) is 5.91 Å². The Hall–Kier alpha value is -1.10. The first kappa shape index (κ1) is 14.3. The first-order valence-electron chi connectivity index (χ1n) is 7.10. The van der Waals surface area contributed by atoms with Crippen LogP contribution in [-0.4, -0.2) is 45.7 Å². The molecule has 1 amide bonds. The molecule has 2 rings (SSSR count). The average Bonchev–Trinajstić information content (AvgIpc) is 2.71. The first-order chi connectivity index (χ1) is 8.88. The summed E-state index contributed by atoms with van der Waals surface area (Å²) in [5.74, 6) is -0.815. The molecule has 0 aromatic heterocycles. The van der Waals surface area contributed by atoms with Crippen molar-refractivity contribution >= 4 is 11.9 Å². The standard InChI is InChI=1S/C14H23NO4/c1-2-14(19)9-15(10-14)11(16)7-13(8-12(17)18)5-3-4-6-13/h19H,2-10H2,1H3,(H,17,18). The van der Waals surface area contributed by atoms with Gasteiger partial charge < -0.3 is 15.1 Å². The molecule has 1 aliphatic heterocycles. The Balaban J connectivity index is 1.92. The molecule has 2 fully saturated rings. The van der Waals surface area contributed by atoms with E-state index in [-0.39, 0.29) is 17.7 Å². The summed E-state index contributed by atoms with van der Waals surface area (Å²) in [5.41, 5.74) is -1.06. The lowest BCUT2D eigenvalue weighted by atomic mass is 9.78. The minimum absolute atomic E-state index is 0.00118. The van der Waals surface area contributed by atoms with Gasteiger partial charge in [-0.05, 0) is 24.7 Å². The molecule has 0 unspecified atom stereocenters. The Bertz CT molecular complexity index is 368. The molecular weight excluding hydrogens is 246 g/mol. The molecule has 1 heterocycles. The molecule has 1 saturated carbocycles. The number of hydrogen-bond acceptors (Lipinski definition) is 3. The van der Waals surface area contributed by atoms with Crippen LogP contribution in [-0.2, 0) is 9.59 Å². The number of rotatable bonds is 5. The van der Waals surface area contributed by atoms with Gasteiger partial charge in [0.05, 0.1) is 25.1 Å². The maximum atomic E-state index is 12.2. The monoisotopic (exact) mass is 269 g/mol. The number of carboxylic acids is 1. The highest BCUT2D eigenvalue weighted by atomic mass is 16.4. The fourth-order valence-electron chi connectivity index (χ4n) is 3.36. The van der Waals surface area contributed by atoms with Crippen molar-refractivity contribution < 1.29 is 19.8 Å². The number of aliphatic hydroxyl groups is 1. The molecule has 0 radical (unpaired) electrons. The highest BCUT2D eigenvalue weighted by Gasteiger charge is 2.45. The molecule has 2 aliphatic rings. The van der Waals surface area contributed by atoms with Crippen LogP contribution in [0.1, 0.15) is 51.9 Å². The van der Waals surface area contributed by atoms with Crippen LogP contribution in [0.25, 0.3) is 0 Å². The minimum atomic E-state index is -0.816. The molecule has 0 bridgehead atoms. The highest BCUT2D eigenvalue weighted by molar-refractivity contribution is 5.79. The van der Waals surface area contributed by atoms with Gasteiger partial charge in [-0.25, -0.2) is 0 Å². The number of nitrogens with zero attached hydrogens (tertiary/aromatic N) is 1. The topological polar surface area (TPSA) is 77.8 Å². The summed E-state index contributed by atoms with van der Waals surface area (Å²) in [5, 5.41) is 18.9. The third-order valence-corrected chi connectivity index (χ3v) is 4.70. The molecule has 1 aliphatic carbocycles. The van der Waals surface area contributed by atoms with Gasteiger partial charge in [0.1, 0.15) is 0 Å². The van der Waals surface area contributed by atoms with E-state index in [9.17, 15) is 14.7 Å². The van der Waals surface area contributed by atoms with E-state index in [2.05, 4.69) is 0 Å². The fraction of sp³-hybridized carbons (Fsp3) is 0.857. The van der Waals surface area contributed by atoms with Crippen molar-refractivity contribution in [1.29, 1.82) is 0 Å². The Labute approximate surface area is 113 Å². The van der Waals surface area contributed by atoms with Crippen molar-refractivity contribution in [1.82, 2.24) is 4.90 Å². The summed E-state index contributed by atoms with van der Waals surface area (Å²) in [4.78, 5) is 24.8. The van der Waals surface area contributed by atoms with Crippen LogP contribution in [0, 0.1) is 5.41 Å². The highest BCUT2D eigenvalue weighted by Crippen LogP contribution is 2.45. The van der Waals surface area contributed by atoms with Gasteiger partial charge in [-0.15, -0.1) is 0 Å². The Morgan fingerprint density at radius 2 is 1.74 bits per heavy atom. The predicted molar refractivity (Wildman–Crippen MR) is 69.6 cm³/mol. The summed E-state index contributed by atoms with van der Waals surface area (Å²) in [7, 11) is 0. The van der Waals surface area contributed by atoms with Gasteiger partial charge >= 0.3 is 5.97 Å². The molecule has 108 valence electrons. The molecule has 19 heavy (non-hydrogen) atoms. The third kappa shape index (κ3) is 3.08. The second-order valence-corrected chi connectivity index (χ2v) is 6.28. The fourth-order valence-corrected chi connectivity index (χ4v) is 3.36. The number of carbonyl (C=O) groups excluding carboxylic acids is 1. The summed E-state index contributed by atoms with van der Waals surface area (Å²) in [6.45, 7) is 2.70. The lowest BCUT2D eigenvalue weighted by Gasteiger charge is -2.47. The van der Waals surface area contributed by atoms with Crippen LogP contribution in [0.2, 0.25) is 0 Å². The van der Waals surface area contributed by atoms with Crippen molar-refractivity contribution in [3.05, 3.63) is 0 Å². The number of carbonyl (C=O) groups is 2. The predicted octanol–water partition coefficient (Wildman–Crippen LogP) is 1.39. The number of β-amino-alcohol motifs (C(OH)–C–C–N with tert-alkyl or cyclic N) is 1. The quantitative estimate of drug-likeness (QED) is 0.790. The smallest absolute Gasteiger partial charge is 0.303 e. The van der Waals surface area contributed by atoms with Crippen LogP contribution in [0.3, 0.4) is 0 Å². The summed E-state index contributed by atoms with van der Waals surface area (Å²) in [6.07, 6.45) is 4.74. The van der Waals surface area contributed by atoms with Gasteiger partial charge in [0, 0.05) is 6.42 Å². The zero-order chi connectivity index (χ0) is 14.1. The molecule has 0 atom stereocenters. The Kier molecular flexibility index (Phi) is 3.85. The minimum Gasteiger partial charge on any atom is -0.481 e. The summed E-state index contributed by atoms with van der Waals surface area (Å²) >= 11 is 0. The molecule has 2 N–H and O–H groups in total. The maximum absolute atomic E-state index is 12.2. The number of carboxylic acid groups (broad SMARTS) is 1. The number of aliphatic carboxylic acids is 1. The molecule has 5 heteroatoms. The van der Waals surface area contributed by atoms with Gasteiger partial charge in [0.15, 0.2) is 0 Å². The molecule has 1 saturated heterocycles. The van der Waals surface area contributed by atoms with Gasteiger partial charge in [0.25, 0.3) is 0 Å². The molecular formula is C14H23NO4. The zero-order valence-corrected chi connectivity index (χ0v) is 11.5. The van der Waals surface area contributed by atoms with E-state index in [1.807, 2.05) is 6.92 Å². The van der Waals surface area contributed by atoms with Crippen LogP contribution >= 0.6 is 0 Å². The summed E-state index contributed by atoms with van der Waals surface area (Å²) in [6, 6.07) is 0. The summed E-state index contributed by atoms with van der Waals surface area (Å²) < 4.78 is 0. The third-order valence-electron chi connectivity index (χ3n) is 4.70. The van der Waals surface area contributed by atoms with Crippen molar-refractivity contribution in [2.24, 2.45) is 5.41 Å². The van der Waals surface area contributed by atoms with E-state index in [0.717, 1.165) is 25.7 Å². The van der Waals surface area contributed by atoms with E-state index >= 15 is 0 Å². The maximum Gasteiger partial charge on any atom is 0.303 e. The van der Waals surface area contributed by atoms with E-state index in [4.69, 9.17) is 5.11 Å². The normalized spacial score (nSPS) is 24.0. The second kappa shape index (κ2) is 5.12. The van der Waals surface area contributed by atoms with Crippen molar-refractivity contribution in [3.8, 4) is 0 Å². The van der Waals surface area contributed by atoms with Crippen LogP contribution in [0.4, 0.5) is 0 Å². The van der Waals surface area contributed by atoms with Crippen molar-refractivity contribution in [3.63, 3.8) is 0 Å². The number of amides is 1. The Morgan fingerprint density at radius 3 is 2.21 bits per heavy atom. The lowest BCUT2D eigenvalue weighted by molar-refractivity contribution is -0.158. The van der Waals surface area contributed by atoms with Crippen molar-refractivity contribution in [2.75, 3.05) is 13.1 Å². The number of hydrogen-bond donors (Lipinski definition) is 2. The second-order valence-electron chi connectivity index (χ2n) is 6.28. The van der Waals surface area contributed by atoms with Gasteiger partial charge in [-0.2, -0.15) is 0 Å². The molecule has 5 nitrogen and oxygen atoms in total. The van der Waals surface area contributed by atoms with E-state index in [0.29, 0.717) is 25.9 Å². The van der Waals surface area contributed by atoms with Crippen LogP contribution < -0.4 is 0 Å². The largest absolute Gasteiger partial charge is 0.481 e. The molecule has 0 aromatic rings. The van der Waals surface area contributed by atoms with Crippen LogP contribution in [0.5, 0.6) is 0 Å². The van der Waals surface area contributed by atoms with Gasteiger partial charge in [-0.3, -0.25) is 9.59 Å². The van der Waals surface area contributed by atoms with Gasteiger partial charge in [-0.1, -0.05) is 19.8 Å². The number of likely N-dealkylation sites (tertiary alicyclic amines) is 1. The van der Waals surface area contributed by atoms with E-state index in [1.54, 1.807) is 4.90 Å². The average molecular weight is 269 g/mol. The van der Waals surface area contributed by atoms with E-state index in [1.165, 1.54) is 0 Å². The zero-order valence-electron chi connectivity index (χ0n) is 11.5. The van der Waals surface area contributed by atoms with Crippen molar-refractivity contribution in [2.45, 2.75) is 57.5 Å². The SMILES string of the molecule is CCC1(O)CN(C(=O)CC2(CC(=O)O)CCCC2)C1. The first-order valence-corrected chi connectivity index (χ1v) is 7.10. The molecule has 0 aromatic carbocycles.